The fraction of sp³-hybridized carbons (Fsp3) is 0.222. The van der Waals surface area contributed by atoms with Crippen LogP contribution in [0.4, 0.5) is 8.78 Å². The summed E-state index contributed by atoms with van der Waals surface area (Å²) in [6, 6.07) is 8.29. The van der Waals surface area contributed by atoms with E-state index in [2.05, 4.69) is 10.2 Å². The molecule has 2 unspecified atom stereocenters. The molecule has 3 aromatic rings. The highest BCUT2D eigenvalue weighted by Gasteiger charge is 2.36. The van der Waals surface area contributed by atoms with Gasteiger partial charge in [-0.25, -0.2) is 8.78 Å². The lowest BCUT2D eigenvalue weighted by Crippen LogP contribution is -2.32. The lowest BCUT2D eigenvalue weighted by Gasteiger charge is -2.25. The highest BCUT2D eigenvalue weighted by molar-refractivity contribution is 6.06. The highest BCUT2D eigenvalue weighted by atomic mass is 19.2. The third kappa shape index (κ3) is 2.66. The summed E-state index contributed by atoms with van der Waals surface area (Å²) in [6.07, 6.45) is 1.13. The normalized spacial score (nSPS) is 20.4. The van der Waals surface area contributed by atoms with Crippen LogP contribution in [0.2, 0.25) is 0 Å². The maximum absolute atomic E-state index is 13.6. The van der Waals surface area contributed by atoms with Crippen LogP contribution in [0.5, 0.6) is 0 Å². The van der Waals surface area contributed by atoms with Crippen LogP contribution in [0.3, 0.4) is 0 Å². The SMILES string of the molecule is O=C(c1cccc2[nH]ncc12)N1CC(O)CC1c1ccc(F)c(F)c1. The van der Waals surface area contributed by atoms with Crippen molar-refractivity contribution in [2.75, 3.05) is 6.54 Å². The number of carbonyl (C=O) groups excluding carboxylic acids is 1. The number of likely N-dealkylation sites (tertiary alicyclic amines) is 1. The minimum Gasteiger partial charge on any atom is -0.391 e. The first-order valence-electron chi connectivity index (χ1n) is 7.90. The van der Waals surface area contributed by atoms with E-state index in [4.69, 9.17) is 0 Å². The molecule has 2 atom stereocenters. The van der Waals surface area contributed by atoms with Gasteiger partial charge in [0.1, 0.15) is 0 Å². The molecule has 1 aliphatic rings. The molecule has 2 heterocycles. The van der Waals surface area contributed by atoms with E-state index in [0.717, 1.165) is 17.6 Å². The molecule has 5 nitrogen and oxygen atoms in total. The number of H-pyrrole nitrogens is 1. The Balaban J connectivity index is 1.73. The number of benzene rings is 2. The van der Waals surface area contributed by atoms with E-state index >= 15 is 0 Å². The van der Waals surface area contributed by atoms with E-state index in [1.165, 1.54) is 11.0 Å². The first-order valence-corrected chi connectivity index (χ1v) is 7.90. The topological polar surface area (TPSA) is 69.2 Å². The van der Waals surface area contributed by atoms with Crippen LogP contribution in [0.15, 0.2) is 42.6 Å². The van der Waals surface area contributed by atoms with E-state index < -0.39 is 23.8 Å². The number of β-amino-alcohol motifs (C(OH)–C–C–N with tert-alkyl or cyclic N) is 1. The zero-order valence-electron chi connectivity index (χ0n) is 13.1. The van der Waals surface area contributed by atoms with Crippen molar-refractivity contribution >= 4 is 16.8 Å². The highest BCUT2D eigenvalue weighted by Crippen LogP contribution is 2.34. The molecule has 1 aromatic heterocycles. The lowest BCUT2D eigenvalue weighted by molar-refractivity contribution is 0.0717. The molecule has 0 saturated carbocycles. The van der Waals surface area contributed by atoms with E-state index in [1.54, 1.807) is 18.3 Å². The maximum Gasteiger partial charge on any atom is 0.255 e. The molecule has 0 aliphatic carbocycles. The number of hydrogen-bond donors (Lipinski definition) is 2. The number of nitrogens with zero attached hydrogens (tertiary/aromatic N) is 2. The molecule has 4 rings (SSSR count). The van der Waals surface area contributed by atoms with Crippen molar-refractivity contribution in [3.8, 4) is 0 Å². The minimum atomic E-state index is -0.969. The Labute approximate surface area is 141 Å². The molecule has 0 bridgehead atoms. The largest absolute Gasteiger partial charge is 0.391 e. The van der Waals surface area contributed by atoms with Crippen molar-refractivity contribution in [1.29, 1.82) is 0 Å². The standard InChI is InChI=1S/C18H15F2N3O2/c19-14-5-4-10(6-15(14)20)17-7-11(24)9-23(17)18(25)12-2-1-3-16-13(12)8-21-22-16/h1-6,8,11,17,24H,7,9H2,(H,21,22). The van der Waals surface area contributed by atoms with Crippen LogP contribution in [0.25, 0.3) is 10.9 Å². The number of fused-ring (bicyclic) bond motifs is 1. The Hall–Kier alpha value is -2.80. The maximum atomic E-state index is 13.6. The average molecular weight is 343 g/mol. The van der Waals surface area contributed by atoms with E-state index in [9.17, 15) is 18.7 Å². The smallest absolute Gasteiger partial charge is 0.255 e. The summed E-state index contributed by atoms with van der Waals surface area (Å²) in [4.78, 5) is 14.5. The Morgan fingerprint density at radius 2 is 2.08 bits per heavy atom. The van der Waals surface area contributed by atoms with Crippen LogP contribution >= 0.6 is 0 Å². The van der Waals surface area contributed by atoms with Gasteiger partial charge in [0.2, 0.25) is 0 Å². The number of aromatic amines is 1. The zero-order valence-corrected chi connectivity index (χ0v) is 13.1. The summed E-state index contributed by atoms with van der Waals surface area (Å²) in [5, 5.41) is 17.5. The van der Waals surface area contributed by atoms with E-state index in [0.29, 0.717) is 16.5 Å². The first kappa shape index (κ1) is 15.7. The summed E-state index contributed by atoms with van der Waals surface area (Å²) in [7, 11) is 0. The molecule has 0 spiro atoms. The molecule has 0 radical (unpaired) electrons. The molecule has 1 aliphatic heterocycles. The average Bonchev–Trinajstić information content (AvgIpc) is 3.22. The van der Waals surface area contributed by atoms with Gasteiger partial charge in [-0.05, 0) is 36.2 Å². The third-order valence-corrected chi connectivity index (χ3v) is 4.58. The van der Waals surface area contributed by atoms with Crippen LogP contribution in [0.1, 0.15) is 28.4 Å². The van der Waals surface area contributed by atoms with Crippen molar-refractivity contribution in [2.24, 2.45) is 0 Å². The van der Waals surface area contributed by atoms with Crippen LogP contribution in [-0.2, 0) is 0 Å². The first-order chi connectivity index (χ1) is 12.0. The van der Waals surface area contributed by atoms with Gasteiger partial charge in [-0.15, -0.1) is 0 Å². The number of aliphatic hydroxyl groups is 1. The predicted octanol–water partition coefficient (Wildman–Crippen LogP) is 2.79. The second kappa shape index (κ2) is 5.93. The second-order valence-corrected chi connectivity index (χ2v) is 6.17. The molecule has 1 fully saturated rings. The zero-order chi connectivity index (χ0) is 17.6. The molecule has 7 heteroatoms. The summed E-state index contributed by atoms with van der Waals surface area (Å²) < 4.78 is 26.8. The molecule has 25 heavy (non-hydrogen) atoms. The number of aromatic nitrogens is 2. The molecule has 2 N–H and O–H groups in total. The Morgan fingerprint density at radius 3 is 2.88 bits per heavy atom. The Bertz CT molecular complexity index is 956. The van der Waals surface area contributed by atoms with Gasteiger partial charge in [0.15, 0.2) is 11.6 Å². The fourth-order valence-corrected chi connectivity index (χ4v) is 3.38. The Morgan fingerprint density at radius 1 is 1.24 bits per heavy atom. The van der Waals surface area contributed by atoms with Gasteiger partial charge < -0.3 is 10.0 Å². The minimum absolute atomic E-state index is 0.136. The molecule has 2 aromatic carbocycles. The number of carbonyl (C=O) groups is 1. The molecule has 128 valence electrons. The van der Waals surface area contributed by atoms with Gasteiger partial charge in [-0.2, -0.15) is 5.10 Å². The van der Waals surface area contributed by atoms with E-state index in [1.807, 2.05) is 6.07 Å². The van der Waals surface area contributed by atoms with Gasteiger partial charge in [-0.1, -0.05) is 12.1 Å². The molecule has 1 saturated heterocycles. The third-order valence-electron chi connectivity index (χ3n) is 4.58. The number of hydrogen-bond acceptors (Lipinski definition) is 3. The monoisotopic (exact) mass is 343 g/mol. The van der Waals surface area contributed by atoms with Gasteiger partial charge in [0.05, 0.1) is 29.4 Å². The molecular weight excluding hydrogens is 328 g/mol. The summed E-state index contributed by atoms with van der Waals surface area (Å²) in [5.74, 6) is -2.19. The number of rotatable bonds is 2. The van der Waals surface area contributed by atoms with Crippen molar-refractivity contribution in [2.45, 2.75) is 18.6 Å². The summed E-state index contributed by atoms with van der Waals surface area (Å²) in [5.41, 5.74) is 1.64. The van der Waals surface area contributed by atoms with Gasteiger partial charge in [0, 0.05) is 11.9 Å². The Kier molecular flexibility index (Phi) is 3.73. The van der Waals surface area contributed by atoms with Crippen LogP contribution in [-0.4, -0.2) is 38.8 Å². The summed E-state index contributed by atoms with van der Waals surface area (Å²) in [6.45, 7) is 0.136. The quantitative estimate of drug-likeness (QED) is 0.752. The van der Waals surface area contributed by atoms with Crippen molar-refractivity contribution < 1.29 is 18.7 Å². The summed E-state index contributed by atoms with van der Waals surface area (Å²) >= 11 is 0. The van der Waals surface area contributed by atoms with E-state index in [-0.39, 0.29) is 18.9 Å². The van der Waals surface area contributed by atoms with Crippen molar-refractivity contribution in [3.63, 3.8) is 0 Å². The predicted molar refractivity (Wildman–Crippen MR) is 86.9 cm³/mol. The van der Waals surface area contributed by atoms with Crippen molar-refractivity contribution in [3.05, 3.63) is 65.4 Å². The second-order valence-electron chi connectivity index (χ2n) is 6.17. The van der Waals surface area contributed by atoms with Crippen molar-refractivity contribution in [1.82, 2.24) is 15.1 Å². The van der Waals surface area contributed by atoms with Crippen LogP contribution in [0, 0.1) is 11.6 Å². The number of aliphatic hydroxyl groups excluding tert-OH is 1. The molecule has 1 amide bonds. The van der Waals surface area contributed by atoms with Gasteiger partial charge in [0.25, 0.3) is 5.91 Å². The lowest BCUT2D eigenvalue weighted by atomic mass is 10.0. The number of nitrogens with one attached hydrogen (secondary N) is 1. The fourth-order valence-electron chi connectivity index (χ4n) is 3.38. The van der Waals surface area contributed by atoms with Crippen LogP contribution < -0.4 is 0 Å². The number of amides is 1. The molecular formula is C18H15F2N3O2. The number of halogens is 2. The van der Waals surface area contributed by atoms with Gasteiger partial charge >= 0.3 is 0 Å². The van der Waals surface area contributed by atoms with Gasteiger partial charge in [-0.3, -0.25) is 9.89 Å².